The second-order valence-corrected chi connectivity index (χ2v) is 7.11. The Bertz CT molecular complexity index is 701. The van der Waals surface area contributed by atoms with E-state index in [2.05, 4.69) is 15.0 Å². The van der Waals surface area contributed by atoms with Crippen molar-refractivity contribution in [3.8, 4) is 0 Å². The van der Waals surface area contributed by atoms with Gasteiger partial charge in [0.15, 0.2) is 5.13 Å². The molecule has 4 rings (SSSR count). The van der Waals surface area contributed by atoms with Crippen molar-refractivity contribution in [1.82, 2.24) is 14.8 Å². The molecule has 0 unspecified atom stereocenters. The first-order valence-electron chi connectivity index (χ1n) is 8.04. The molecule has 2 aromatic rings. The molecule has 116 valence electrons. The van der Waals surface area contributed by atoms with Crippen LogP contribution >= 0.6 is 11.3 Å². The molecule has 2 aliphatic rings. The van der Waals surface area contributed by atoms with Gasteiger partial charge in [-0.3, -0.25) is 4.79 Å². The van der Waals surface area contributed by atoms with Gasteiger partial charge in [-0.05, 0) is 43.6 Å². The molecule has 1 saturated heterocycles. The fraction of sp³-hybridized carbons (Fsp3) is 0.562. The van der Waals surface area contributed by atoms with Crippen LogP contribution in [0, 0.1) is 5.92 Å². The number of fused-ring (bicyclic) bond motifs is 1. The molecule has 0 aromatic carbocycles. The molecule has 0 radical (unpaired) electrons. The SMILES string of the molecule is O=c1cc2c(nn1CC1CCN(c3nccs3)CC1)CCC2. The Morgan fingerprint density at radius 1 is 1.27 bits per heavy atom. The molecule has 0 bridgehead atoms. The summed E-state index contributed by atoms with van der Waals surface area (Å²) < 4.78 is 1.70. The van der Waals surface area contributed by atoms with Crippen LogP contribution in [0.5, 0.6) is 0 Å². The Labute approximate surface area is 133 Å². The summed E-state index contributed by atoms with van der Waals surface area (Å²) in [6.07, 6.45) is 7.25. The van der Waals surface area contributed by atoms with Crippen molar-refractivity contribution in [3.05, 3.63) is 39.3 Å². The number of aryl methyl sites for hydroxylation is 2. The van der Waals surface area contributed by atoms with E-state index in [4.69, 9.17) is 0 Å². The molecule has 0 spiro atoms. The zero-order chi connectivity index (χ0) is 14.9. The highest BCUT2D eigenvalue weighted by Gasteiger charge is 2.22. The maximum absolute atomic E-state index is 12.2. The number of aromatic nitrogens is 3. The van der Waals surface area contributed by atoms with Crippen molar-refractivity contribution in [2.75, 3.05) is 18.0 Å². The average molecular weight is 316 g/mol. The zero-order valence-corrected chi connectivity index (χ0v) is 13.4. The van der Waals surface area contributed by atoms with Gasteiger partial charge in [0.2, 0.25) is 0 Å². The third kappa shape index (κ3) is 2.67. The van der Waals surface area contributed by atoms with Crippen LogP contribution in [0.4, 0.5) is 5.13 Å². The lowest BCUT2D eigenvalue weighted by Crippen LogP contribution is -2.37. The van der Waals surface area contributed by atoms with Crippen LogP contribution in [-0.4, -0.2) is 27.9 Å². The second-order valence-electron chi connectivity index (χ2n) is 6.24. The van der Waals surface area contributed by atoms with Crippen LogP contribution < -0.4 is 10.5 Å². The van der Waals surface area contributed by atoms with Crippen molar-refractivity contribution in [2.45, 2.75) is 38.6 Å². The fourth-order valence-electron chi connectivity index (χ4n) is 3.49. The summed E-state index contributed by atoms with van der Waals surface area (Å²) in [5.74, 6) is 0.542. The molecule has 22 heavy (non-hydrogen) atoms. The Hall–Kier alpha value is -1.69. The number of thiazole rings is 1. The molecule has 0 atom stereocenters. The van der Waals surface area contributed by atoms with Gasteiger partial charge in [0, 0.05) is 37.3 Å². The monoisotopic (exact) mass is 316 g/mol. The first kappa shape index (κ1) is 13.9. The van der Waals surface area contributed by atoms with Crippen molar-refractivity contribution in [1.29, 1.82) is 0 Å². The first-order chi connectivity index (χ1) is 10.8. The van der Waals surface area contributed by atoms with Gasteiger partial charge in [0.25, 0.3) is 5.56 Å². The summed E-state index contributed by atoms with van der Waals surface area (Å²) in [6.45, 7) is 2.81. The predicted octanol–water partition coefficient (Wildman–Crippen LogP) is 2.11. The molecule has 0 saturated carbocycles. The molecule has 5 nitrogen and oxygen atoms in total. The maximum Gasteiger partial charge on any atom is 0.267 e. The van der Waals surface area contributed by atoms with Crippen LogP contribution in [-0.2, 0) is 19.4 Å². The fourth-order valence-corrected chi connectivity index (χ4v) is 4.19. The quantitative estimate of drug-likeness (QED) is 0.870. The normalized spacial score (nSPS) is 18.6. The third-order valence-electron chi connectivity index (χ3n) is 4.76. The van der Waals surface area contributed by atoms with E-state index in [1.54, 1.807) is 22.1 Å². The molecular weight excluding hydrogens is 296 g/mol. The van der Waals surface area contributed by atoms with Crippen molar-refractivity contribution in [3.63, 3.8) is 0 Å². The predicted molar refractivity (Wildman–Crippen MR) is 87.6 cm³/mol. The largest absolute Gasteiger partial charge is 0.348 e. The Kier molecular flexibility index (Phi) is 3.70. The van der Waals surface area contributed by atoms with Crippen molar-refractivity contribution < 1.29 is 0 Å². The van der Waals surface area contributed by atoms with Crippen LogP contribution in [0.1, 0.15) is 30.5 Å². The molecule has 0 amide bonds. The summed E-state index contributed by atoms with van der Waals surface area (Å²) in [7, 11) is 0. The van der Waals surface area contributed by atoms with E-state index in [1.165, 1.54) is 5.56 Å². The maximum atomic E-state index is 12.2. The first-order valence-corrected chi connectivity index (χ1v) is 8.92. The van der Waals surface area contributed by atoms with Crippen LogP contribution in [0.15, 0.2) is 22.4 Å². The van der Waals surface area contributed by atoms with Crippen LogP contribution in [0.25, 0.3) is 0 Å². The van der Waals surface area contributed by atoms with Gasteiger partial charge < -0.3 is 4.90 Å². The number of hydrogen-bond donors (Lipinski definition) is 0. The Morgan fingerprint density at radius 3 is 2.91 bits per heavy atom. The van der Waals surface area contributed by atoms with Gasteiger partial charge in [0.05, 0.1) is 5.69 Å². The van der Waals surface area contributed by atoms with Gasteiger partial charge in [-0.25, -0.2) is 9.67 Å². The molecule has 3 heterocycles. The van der Waals surface area contributed by atoms with Crippen molar-refractivity contribution in [2.24, 2.45) is 5.92 Å². The average Bonchev–Trinajstić information content (AvgIpc) is 3.19. The molecule has 1 aliphatic carbocycles. The van der Waals surface area contributed by atoms with E-state index in [1.807, 2.05) is 11.6 Å². The third-order valence-corrected chi connectivity index (χ3v) is 5.59. The molecule has 0 N–H and O–H groups in total. The lowest BCUT2D eigenvalue weighted by molar-refractivity contribution is 0.333. The number of nitrogens with zero attached hydrogens (tertiary/aromatic N) is 4. The van der Waals surface area contributed by atoms with E-state index < -0.39 is 0 Å². The van der Waals surface area contributed by atoms with E-state index in [-0.39, 0.29) is 5.56 Å². The summed E-state index contributed by atoms with van der Waals surface area (Å²) in [6, 6.07) is 1.81. The Morgan fingerprint density at radius 2 is 2.14 bits per heavy atom. The van der Waals surface area contributed by atoms with E-state index in [0.29, 0.717) is 5.92 Å². The summed E-state index contributed by atoms with van der Waals surface area (Å²) in [4.78, 5) is 18.9. The van der Waals surface area contributed by atoms with Gasteiger partial charge in [-0.1, -0.05) is 0 Å². The van der Waals surface area contributed by atoms with Gasteiger partial charge in [0.1, 0.15) is 0 Å². The zero-order valence-electron chi connectivity index (χ0n) is 12.6. The number of anilines is 1. The van der Waals surface area contributed by atoms with Crippen molar-refractivity contribution >= 4 is 16.5 Å². The number of hydrogen-bond acceptors (Lipinski definition) is 5. The topological polar surface area (TPSA) is 51.0 Å². The second kappa shape index (κ2) is 5.83. The molecule has 6 heteroatoms. The summed E-state index contributed by atoms with van der Waals surface area (Å²) in [5.41, 5.74) is 2.38. The standard InChI is InChI=1S/C16H20N4OS/c21-15-10-13-2-1-3-14(13)18-20(15)11-12-4-7-19(8-5-12)16-17-6-9-22-16/h6,9-10,12H,1-5,7-8,11H2. The van der Waals surface area contributed by atoms with Gasteiger partial charge in [-0.15, -0.1) is 11.3 Å². The molecule has 1 fully saturated rings. The summed E-state index contributed by atoms with van der Waals surface area (Å²) >= 11 is 1.70. The van der Waals surface area contributed by atoms with E-state index >= 15 is 0 Å². The van der Waals surface area contributed by atoms with Crippen LogP contribution in [0.3, 0.4) is 0 Å². The Balaban J connectivity index is 1.42. The molecule has 2 aromatic heterocycles. The smallest absolute Gasteiger partial charge is 0.267 e. The number of rotatable bonds is 3. The van der Waals surface area contributed by atoms with Gasteiger partial charge in [-0.2, -0.15) is 5.10 Å². The lowest BCUT2D eigenvalue weighted by Gasteiger charge is -2.31. The van der Waals surface area contributed by atoms with Gasteiger partial charge >= 0.3 is 0 Å². The minimum Gasteiger partial charge on any atom is -0.348 e. The highest BCUT2D eigenvalue weighted by molar-refractivity contribution is 7.13. The number of piperidine rings is 1. The highest BCUT2D eigenvalue weighted by atomic mass is 32.1. The minimum absolute atomic E-state index is 0.0722. The highest BCUT2D eigenvalue weighted by Crippen LogP contribution is 2.25. The van der Waals surface area contributed by atoms with Crippen LogP contribution in [0.2, 0.25) is 0 Å². The van der Waals surface area contributed by atoms with E-state index in [9.17, 15) is 4.79 Å². The molecular formula is C16H20N4OS. The molecule has 1 aliphatic heterocycles. The minimum atomic E-state index is 0.0722. The lowest BCUT2D eigenvalue weighted by atomic mass is 9.97. The van der Waals surface area contributed by atoms with E-state index in [0.717, 1.165) is 62.6 Å². The summed E-state index contributed by atoms with van der Waals surface area (Å²) in [5, 5.41) is 7.74.